The quantitative estimate of drug-likeness (QED) is 0.576. The molecule has 8 heteroatoms. The number of nitrogens with one attached hydrogen (secondary N) is 2. The smallest absolute Gasteiger partial charge is 0.253 e. The maximum atomic E-state index is 12.6. The van der Waals surface area contributed by atoms with Crippen LogP contribution in [0.15, 0.2) is 39.7 Å². The Morgan fingerprint density at radius 3 is 2.66 bits per heavy atom. The molecule has 2 N–H and O–H groups in total. The van der Waals surface area contributed by atoms with Crippen molar-refractivity contribution < 1.29 is 4.79 Å². The molecule has 1 aromatic carbocycles. The maximum Gasteiger partial charge on any atom is 0.253 e. The second-order valence-corrected chi connectivity index (χ2v) is 9.19. The van der Waals surface area contributed by atoms with Gasteiger partial charge in [-0.05, 0) is 65.0 Å². The molecule has 0 saturated carbocycles. The van der Waals surface area contributed by atoms with Crippen LogP contribution in [-0.2, 0) is 17.8 Å². The van der Waals surface area contributed by atoms with E-state index in [0.717, 1.165) is 79.2 Å². The van der Waals surface area contributed by atoms with E-state index >= 15 is 0 Å². The average Bonchev–Trinajstić information content (AvgIpc) is 2.81. The molecule has 0 amide bonds. The molecule has 3 aromatic rings. The van der Waals surface area contributed by atoms with E-state index in [0.29, 0.717) is 0 Å². The zero-order valence-electron chi connectivity index (χ0n) is 18.3. The van der Waals surface area contributed by atoms with Crippen LogP contribution in [0, 0.1) is 6.92 Å². The standard InChI is InChI=1S/C23H26BrN5O.CH2O/c1-15-11-16(12-19-21(15)22-18(23(30)27-19)3-2-6-25-22)14-28-7-9-29(10-8-28)20-5-4-17(24)13-26-20;1-2/h4-5,11-13,25H,2-3,6-10,14H2,1H3,(H,27,30);1H2. The SMILES string of the molecule is C=O.Cc1cc(CN2CCN(c3ccc(Br)cn3)CC2)cc2[nH]c(=O)c3c(c12)NCCC3. The van der Waals surface area contributed by atoms with E-state index < -0.39 is 0 Å². The fourth-order valence-electron chi connectivity index (χ4n) is 4.71. The number of aryl methyl sites for hydroxylation is 1. The van der Waals surface area contributed by atoms with Crippen molar-refractivity contribution in [3.05, 3.63) is 62.0 Å². The number of nitrogens with zero attached hydrogens (tertiary/aromatic N) is 3. The fraction of sp³-hybridized carbons (Fsp3) is 0.375. The lowest BCUT2D eigenvalue weighted by atomic mass is 9.97. The molecule has 2 aliphatic rings. The Labute approximate surface area is 196 Å². The zero-order valence-corrected chi connectivity index (χ0v) is 19.9. The topological polar surface area (TPSA) is 81.3 Å². The van der Waals surface area contributed by atoms with Crippen molar-refractivity contribution in [2.75, 3.05) is 42.9 Å². The minimum absolute atomic E-state index is 0.0527. The Bertz CT molecular complexity index is 1150. The number of aromatic nitrogens is 2. The number of carbonyl (C=O) groups is 1. The molecule has 0 atom stereocenters. The van der Waals surface area contributed by atoms with E-state index in [1.807, 2.05) is 19.1 Å². The second-order valence-electron chi connectivity index (χ2n) is 8.27. The van der Waals surface area contributed by atoms with Gasteiger partial charge in [-0.25, -0.2) is 4.98 Å². The number of benzene rings is 1. The number of anilines is 2. The Balaban J connectivity index is 0.00000119. The molecule has 0 spiro atoms. The van der Waals surface area contributed by atoms with Gasteiger partial charge in [0.1, 0.15) is 12.6 Å². The Morgan fingerprint density at radius 1 is 1.16 bits per heavy atom. The van der Waals surface area contributed by atoms with Crippen molar-refractivity contribution in [3.63, 3.8) is 0 Å². The van der Waals surface area contributed by atoms with Crippen LogP contribution in [0.25, 0.3) is 10.9 Å². The number of hydrogen-bond acceptors (Lipinski definition) is 6. The number of H-pyrrole nitrogens is 1. The van der Waals surface area contributed by atoms with Gasteiger partial charge in [-0.2, -0.15) is 0 Å². The van der Waals surface area contributed by atoms with Gasteiger partial charge in [-0.3, -0.25) is 9.69 Å². The molecule has 1 saturated heterocycles. The van der Waals surface area contributed by atoms with Gasteiger partial charge in [0.25, 0.3) is 5.56 Å². The van der Waals surface area contributed by atoms with E-state index in [-0.39, 0.29) is 5.56 Å². The van der Waals surface area contributed by atoms with Crippen LogP contribution in [0.2, 0.25) is 0 Å². The van der Waals surface area contributed by atoms with Gasteiger partial charge in [-0.15, -0.1) is 0 Å². The monoisotopic (exact) mass is 497 g/mol. The number of rotatable bonds is 3. The number of fused-ring (bicyclic) bond motifs is 3. The molecule has 0 bridgehead atoms. The van der Waals surface area contributed by atoms with Gasteiger partial charge in [0.05, 0.1) is 11.2 Å². The molecule has 0 aliphatic carbocycles. The van der Waals surface area contributed by atoms with Crippen LogP contribution in [0.5, 0.6) is 0 Å². The number of aromatic amines is 1. The highest BCUT2D eigenvalue weighted by molar-refractivity contribution is 9.10. The lowest BCUT2D eigenvalue weighted by molar-refractivity contribution is -0.0979. The molecular formula is C24H28BrN5O2. The number of piperazine rings is 1. The molecule has 1 fully saturated rings. The van der Waals surface area contributed by atoms with E-state index in [4.69, 9.17) is 4.79 Å². The Kier molecular flexibility index (Phi) is 6.91. The van der Waals surface area contributed by atoms with Gasteiger partial charge in [-0.1, -0.05) is 6.07 Å². The molecule has 2 aliphatic heterocycles. The second kappa shape index (κ2) is 9.83. The van der Waals surface area contributed by atoms with Crippen molar-refractivity contribution in [2.45, 2.75) is 26.3 Å². The highest BCUT2D eigenvalue weighted by Crippen LogP contribution is 2.31. The van der Waals surface area contributed by atoms with Crippen LogP contribution >= 0.6 is 15.9 Å². The molecular weight excluding hydrogens is 470 g/mol. The molecule has 0 unspecified atom stereocenters. The summed E-state index contributed by atoms with van der Waals surface area (Å²) in [6.07, 6.45) is 3.72. The number of pyridine rings is 2. The third kappa shape index (κ3) is 4.56. The normalized spacial score (nSPS) is 16.1. The number of carbonyl (C=O) groups excluding carboxylic acids is 1. The summed E-state index contributed by atoms with van der Waals surface area (Å²) in [7, 11) is 0. The Morgan fingerprint density at radius 2 is 1.94 bits per heavy atom. The predicted molar refractivity (Wildman–Crippen MR) is 133 cm³/mol. The predicted octanol–water partition coefficient (Wildman–Crippen LogP) is 3.49. The Hall–Kier alpha value is -2.71. The van der Waals surface area contributed by atoms with Crippen molar-refractivity contribution in [1.29, 1.82) is 0 Å². The van der Waals surface area contributed by atoms with Gasteiger partial charge in [0.15, 0.2) is 0 Å². The van der Waals surface area contributed by atoms with Gasteiger partial charge < -0.3 is 20.0 Å². The first-order valence-electron chi connectivity index (χ1n) is 10.9. The van der Waals surface area contributed by atoms with E-state index in [9.17, 15) is 4.79 Å². The molecule has 0 radical (unpaired) electrons. The summed E-state index contributed by atoms with van der Waals surface area (Å²) in [5.41, 5.74) is 5.42. The molecule has 4 heterocycles. The fourth-order valence-corrected chi connectivity index (χ4v) is 4.94. The van der Waals surface area contributed by atoms with Crippen molar-refractivity contribution >= 4 is 45.1 Å². The van der Waals surface area contributed by atoms with E-state index in [1.165, 1.54) is 16.5 Å². The van der Waals surface area contributed by atoms with Crippen LogP contribution in [0.3, 0.4) is 0 Å². The highest BCUT2D eigenvalue weighted by Gasteiger charge is 2.20. The van der Waals surface area contributed by atoms with Crippen molar-refractivity contribution in [2.24, 2.45) is 0 Å². The van der Waals surface area contributed by atoms with E-state index in [1.54, 1.807) is 0 Å². The third-order valence-electron chi connectivity index (χ3n) is 6.19. The zero-order chi connectivity index (χ0) is 22.7. The summed E-state index contributed by atoms with van der Waals surface area (Å²) >= 11 is 3.45. The summed E-state index contributed by atoms with van der Waals surface area (Å²) in [4.78, 5) is 33.0. The van der Waals surface area contributed by atoms with Crippen LogP contribution < -0.4 is 15.8 Å². The minimum Gasteiger partial charge on any atom is -0.384 e. The highest BCUT2D eigenvalue weighted by atomic mass is 79.9. The van der Waals surface area contributed by atoms with Crippen molar-refractivity contribution in [3.8, 4) is 0 Å². The summed E-state index contributed by atoms with van der Waals surface area (Å²) in [6, 6.07) is 8.54. The molecule has 168 valence electrons. The lowest BCUT2D eigenvalue weighted by Crippen LogP contribution is -2.46. The van der Waals surface area contributed by atoms with E-state index in [2.05, 4.69) is 66.1 Å². The number of halogens is 1. The van der Waals surface area contributed by atoms with Gasteiger partial charge in [0.2, 0.25) is 0 Å². The third-order valence-corrected chi connectivity index (χ3v) is 6.66. The molecule has 5 rings (SSSR count). The first kappa shape index (κ1) is 22.5. The average molecular weight is 498 g/mol. The van der Waals surface area contributed by atoms with Crippen LogP contribution in [0.1, 0.15) is 23.1 Å². The maximum absolute atomic E-state index is 12.6. The minimum atomic E-state index is 0.0527. The lowest BCUT2D eigenvalue weighted by Gasteiger charge is -2.35. The molecule has 32 heavy (non-hydrogen) atoms. The van der Waals surface area contributed by atoms with Crippen LogP contribution in [0.4, 0.5) is 11.5 Å². The molecule has 2 aromatic heterocycles. The largest absolute Gasteiger partial charge is 0.384 e. The van der Waals surface area contributed by atoms with Gasteiger partial charge >= 0.3 is 0 Å². The summed E-state index contributed by atoms with van der Waals surface area (Å²) < 4.78 is 1.01. The number of hydrogen-bond donors (Lipinski definition) is 2. The summed E-state index contributed by atoms with van der Waals surface area (Å²) in [5.74, 6) is 1.04. The van der Waals surface area contributed by atoms with Gasteiger partial charge in [0, 0.05) is 60.9 Å². The van der Waals surface area contributed by atoms with Crippen molar-refractivity contribution in [1.82, 2.24) is 14.9 Å². The summed E-state index contributed by atoms with van der Waals surface area (Å²) in [6.45, 7) is 9.91. The first-order valence-corrected chi connectivity index (χ1v) is 11.7. The van der Waals surface area contributed by atoms with Crippen LogP contribution in [-0.4, -0.2) is 54.4 Å². The molecule has 7 nitrogen and oxygen atoms in total. The summed E-state index contributed by atoms with van der Waals surface area (Å²) in [5, 5.41) is 4.63. The first-order chi connectivity index (χ1) is 15.6.